The molecule has 2 rings (SSSR count). The van der Waals surface area contributed by atoms with Gasteiger partial charge in [0.1, 0.15) is 5.56 Å². The standard InChI is InChI=1S/C12H17N3O2/c1-7-4-5-15(6-7)11-10(12(16)17)8(2)9(3)13-14-11/h7H,4-6H2,1-3H3,(H,16,17). The van der Waals surface area contributed by atoms with Gasteiger partial charge in [-0.05, 0) is 31.7 Å². The largest absolute Gasteiger partial charge is 0.478 e. The van der Waals surface area contributed by atoms with Crippen molar-refractivity contribution in [3.05, 3.63) is 16.8 Å². The number of nitrogens with zero attached hydrogens (tertiary/aromatic N) is 3. The van der Waals surface area contributed by atoms with Crippen LogP contribution in [0.3, 0.4) is 0 Å². The topological polar surface area (TPSA) is 66.3 Å². The number of rotatable bonds is 2. The first-order valence-electron chi connectivity index (χ1n) is 5.82. The average Bonchev–Trinajstić information content (AvgIpc) is 2.68. The van der Waals surface area contributed by atoms with Gasteiger partial charge in [-0.15, -0.1) is 5.10 Å². The molecular weight excluding hydrogens is 218 g/mol. The lowest BCUT2D eigenvalue weighted by atomic mass is 10.1. The Morgan fingerprint density at radius 1 is 1.41 bits per heavy atom. The Morgan fingerprint density at radius 3 is 2.65 bits per heavy atom. The number of hydrogen-bond donors (Lipinski definition) is 1. The van der Waals surface area contributed by atoms with Crippen LogP contribution in [0.2, 0.25) is 0 Å². The minimum Gasteiger partial charge on any atom is -0.478 e. The van der Waals surface area contributed by atoms with Crippen molar-refractivity contribution >= 4 is 11.8 Å². The molecule has 1 N–H and O–H groups in total. The molecule has 0 bridgehead atoms. The molecule has 1 aliphatic rings. The van der Waals surface area contributed by atoms with Crippen molar-refractivity contribution in [2.45, 2.75) is 27.2 Å². The van der Waals surface area contributed by atoms with Crippen LogP contribution >= 0.6 is 0 Å². The maximum absolute atomic E-state index is 11.3. The minimum atomic E-state index is -0.921. The molecule has 1 saturated heterocycles. The highest BCUT2D eigenvalue weighted by atomic mass is 16.4. The number of aromatic carboxylic acids is 1. The molecule has 1 aromatic rings. The van der Waals surface area contributed by atoms with Crippen molar-refractivity contribution in [2.75, 3.05) is 18.0 Å². The highest BCUT2D eigenvalue weighted by Crippen LogP contribution is 2.27. The lowest BCUT2D eigenvalue weighted by Gasteiger charge is -2.19. The number of carbonyl (C=O) groups is 1. The summed E-state index contributed by atoms with van der Waals surface area (Å²) in [6.45, 7) is 7.45. The molecule has 1 aliphatic heterocycles. The number of aromatic nitrogens is 2. The van der Waals surface area contributed by atoms with Gasteiger partial charge in [-0.3, -0.25) is 0 Å². The summed E-state index contributed by atoms with van der Waals surface area (Å²) in [5.74, 6) is 0.181. The monoisotopic (exact) mass is 235 g/mol. The summed E-state index contributed by atoms with van der Waals surface area (Å²) in [7, 11) is 0. The lowest BCUT2D eigenvalue weighted by Crippen LogP contribution is -2.24. The van der Waals surface area contributed by atoms with Gasteiger partial charge in [-0.25, -0.2) is 4.79 Å². The van der Waals surface area contributed by atoms with E-state index in [1.807, 2.05) is 4.90 Å². The average molecular weight is 235 g/mol. The van der Waals surface area contributed by atoms with Crippen LogP contribution in [0.4, 0.5) is 5.82 Å². The number of anilines is 1. The second-order valence-corrected chi connectivity index (χ2v) is 4.75. The van der Waals surface area contributed by atoms with Gasteiger partial charge < -0.3 is 10.0 Å². The molecule has 0 saturated carbocycles. The fourth-order valence-corrected chi connectivity index (χ4v) is 2.20. The van der Waals surface area contributed by atoms with Gasteiger partial charge in [0, 0.05) is 13.1 Å². The predicted octanol–water partition coefficient (Wildman–Crippen LogP) is 1.64. The van der Waals surface area contributed by atoms with E-state index < -0.39 is 5.97 Å². The predicted molar refractivity (Wildman–Crippen MR) is 64.5 cm³/mol. The molecule has 0 radical (unpaired) electrons. The fourth-order valence-electron chi connectivity index (χ4n) is 2.20. The first-order chi connectivity index (χ1) is 8.00. The normalized spacial score (nSPS) is 19.7. The summed E-state index contributed by atoms with van der Waals surface area (Å²) in [5.41, 5.74) is 1.69. The molecule has 0 aromatic carbocycles. The first-order valence-corrected chi connectivity index (χ1v) is 5.82. The van der Waals surface area contributed by atoms with Crippen molar-refractivity contribution in [2.24, 2.45) is 5.92 Å². The molecule has 0 aliphatic carbocycles. The molecule has 5 nitrogen and oxygen atoms in total. The van der Waals surface area contributed by atoms with E-state index in [0.29, 0.717) is 28.6 Å². The quantitative estimate of drug-likeness (QED) is 0.844. The van der Waals surface area contributed by atoms with E-state index in [0.717, 1.165) is 19.5 Å². The van der Waals surface area contributed by atoms with Gasteiger partial charge in [-0.2, -0.15) is 5.10 Å². The molecule has 1 unspecified atom stereocenters. The Hall–Kier alpha value is -1.65. The van der Waals surface area contributed by atoms with Crippen molar-refractivity contribution in [1.29, 1.82) is 0 Å². The Bertz CT molecular complexity index is 459. The van der Waals surface area contributed by atoms with Crippen LogP contribution in [0, 0.1) is 19.8 Å². The third-order valence-electron chi connectivity index (χ3n) is 3.37. The van der Waals surface area contributed by atoms with Crippen LogP contribution < -0.4 is 4.90 Å². The molecule has 5 heteroatoms. The summed E-state index contributed by atoms with van der Waals surface area (Å²) >= 11 is 0. The van der Waals surface area contributed by atoms with Crippen LogP contribution in [-0.4, -0.2) is 34.4 Å². The van der Waals surface area contributed by atoms with Crippen LogP contribution in [0.1, 0.15) is 35.0 Å². The maximum atomic E-state index is 11.3. The molecule has 1 aromatic heterocycles. The molecule has 1 atom stereocenters. The summed E-state index contributed by atoms with van der Waals surface area (Å²) < 4.78 is 0. The first kappa shape index (κ1) is 11.8. The van der Waals surface area contributed by atoms with Gasteiger partial charge >= 0.3 is 5.97 Å². The number of aryl methyl sites for hydroxylation is 1. The zero-order valence-electron chi connectivity index (χ0n) is 10.4. The smallest absolute Gasteiger partial charge is 0.339 e. The van der Waals surface area contributed by atoms with E-state index >= 15 is 0 Å². The van der Waals surface area contributed by atoms with Crippen LogP contribution in [0.25, 0.3) is 0 Å². The molecule has 92 valence electrons. The SMILES string of the molecule is Cc1nnc(N2CCC(C)C2)c(C(=O)O)c1C. The molecule has 1 fully saturated rings. The van der Waals surface area contributed by atoms with E-state index in [4.69, 9.17) is 0 Å². The second kappa shape index (κ2) is 4.31. The van der Waals surface area contributed by atoms with E-state index in [2.05, 4.69) is 17.1 Å². The molecule has 0 spiro atoms. The fraction of sp³-hybridized carbons (Fsp3) is 0.583. The van der Waals surface area contributed by atoms with E-state index in [1.54, 1.807) is 13.8 Å². The van der Waals surface area contributed by atoms with Crippen molar-refractivity contribution < 1.29 is 9.90 Å². The van der Waals surface area contributed by atoms with E-state index in [1.165, 1.54) is 0 Å². The zero-order valence-corrected chi connectivity index (χ0v) is 10.4. The molecule has 2 heterocycles. The zero-order chi connectivity index (χ0) is 12.6. The Morgan fingerprint density at radius 2 is 2.12 bits per heavy atom. The Kier molecular flexibility index (Phi) is 3.00. The van der Waals surface area contributed by atoms with Gasteiger partial charge in [0.05, 0.1) is 5.69 Å². The van der Waals surface area contributed by atoms with E-state index in [-0.39, 0.29) is 0 Å². The van der Waals surface area contributed by atoms with Crippen LogP contribution in [-0.2, 0) is 0 Å². The van der Waals surface area contributed by atoms with Gasteiger partial charge in [-0.1, -0.05) is 6.92 Å². The summed E-state index contributed by atoms with van der Waals surface area (Å²) in [6, 6.07) is 0. The third kappa shape index (κ3) is 2.09. The highest BCUT2D eigenvalue weighted by molar-refractivity contribution is 5.95. The molecule has 17 heavy (non-hydrogen) atoms. The molecule has 0 amide bonds. The third-order valence-corrected chi connectivity index (χ3v) is 3.37. The van der Waals surface area contributed by atoms with E-state index in [9.17, 15) is 9.90 Å². The van der Waals surface area contributed by atoms with Crippen LogP contribution in [0.15, 0.2) is 0 Å². The van der Waals surface area contributed by atoms with Crippen LogP contribution in [0.5, 0.6) is 0 Å². The second-order valence-electron chi connectivity index (χ2n) is 4.75. The van der Waals surface area contributed by atoms with Crippen molar-refractivity contribution in [3.8, 4) is 0 Å². The Balaban J connectivity index is 2.47. The highest BCUT2D eigenvalue weighted by Gasteiger charge is 2.26. The molecular formula is C12H17N3O2. The van der Waals surface area contributed by atoms with Gasteiger partial charge in [0.15, 0.2) is 5.82 Å². The summed E-state index contributed by atoms with van der Waals surface area (Å²) in [5, 5.41) is 17.4. The number of carboxylic acids is 1. The van der Waals surface area contributed by atoms with Gasteiger partial charge in [0.2, 0.25) is 0 Å². The summed E-state index contributed by atoms with van der Waals surface area (Å²) in [6.07, 6.45) is 1.08. The minimum absolute atomic E-state index is 0.298. The van der Waals surface area contributed by atoms with Gasteiger partial charge in [0.25, 0.3) is 0 Å². The number of carboxylic acid groups (broad SMARTS) is 1. The summed E-state index contributed by atoms with van der Waals surface area (Å²) in [4.78, 5) is 13.4. The maximum Gasteiger partial charge on any atom is 0.339 e. The number of hydrogen-bond acceptors (Lipinski definition) is 4. The van der Waals surface area contributed by atoms with Crippen molar-refractivity contribution in [3.63, 3.8) is 0 Å². The van der Waals surface area contributed by atoms with Crippen molar-refractivity contribution in [1.82, 2.24) is 10.2 Å². The Labute approximate surface area is 100 Å². The lowest BCUT2D eigenvalue weighted by molar-refractivity contribution is 0.0696.